The van der Waals surface area contributed by atoms with Gasteiger partial charge in [0, 0.05) is 5.56 Å². The summed E-state index contributed by atoms with van der Waals surface area (Å²) in [6.45, 7) is 1.46. The van der Waals surface area contributed by atoms with Crippen molar-refractivity contribution in [3.8, 4) is 5.75 Å². The van der Waals surface area contributed by atoms with Gasteiger partial charge in [-0.1, -0.05) is 0 Å². The van der Waals surface area contributed by atoms with E-state index in [-0.39, 0.29) is 5.78 Å². The minimum atomic E-state index is -0.0614. The Hall–Kier alpha value is -0.910. The molecule has 4 heteroatoms. The lowest BCUT2D eigenvalue weighted by molar-refractivity contribution is 0.101. The summed E-state index contributed by atoms with van der Waals surface area (Å²) in [6, 6.07) is 3.24. The number of carbonyl (C=O) groups is 2. The topological polar surface area (TPSA) is 43.4 Å². The Kier molecular flexibility index (Phi) is 3.62. The van der Waals surface area contributed by atoms with Gasteiger partial charge in [-0.05, 0) is 41.6 Å². The van der Waals surface area contributed by atoms with Gasteiger partial charge in [-0.3, -0.25) is 9.59 Å². The number of carbonyl (C=O) groups excluding carboxylic acids is 2. The molecule has 1 aromatic rings. The van der Waals surface area contributed by atoms with Crippen molar-refractivity contribution in [3.63, 3.8) is 0 Å². The molecule has 0 N–H and O–H groups in total. The fraction of sp³-hybridized carbons (Fsp3) is 0.200. The summed E-state index contributed by atoms with van der Waals surface area (Å²) >= 11 is 2.03. The van der Waals surface area contributed by atoms with E-state index < -0.39 is 0 Å². The molecule has 0 aromatic heterocycles. The van der Waals surface area contributed by atoms with Crippen LogP contribution >= 0.6 is 22.6 Å². The van der Waals surface area contributed by atoms with E-state index in [1.54, 1.807) is 6.07 Å². The molecule has 0 amide bonds. The van der Waals surface area contributed by atoms with E-state index in [2.05, 4.69) is 0 Å². The number of methoxy groups -OCH3 is 1. The largest absolute Gasteiger partial charge is 0.495 e. The van der Waals surface area contributed by atoms with E-state index in [1.807, 2.05) is 22.6 Å². The highest BCUT2D eigenvalue weighted by molar-refractivity contribution is 14.1. The third kappa shape index (κ3) is 2.12. The lowest BCUT2D eigenvalue weighted by Crippen LogP contribution is -1.99. The third-order valence-corrected chi connectivity index (χ3v) is 2.61. The van der Waals surface area contributed by atoms with E-state index in [9.17, 15) is 9.59 Å². The Balaban J connectivity index is 3.38. The Labute approximate surface area is 95.6 Å². The Morgan fingerprint density at radius 3 is 2.57 bits per heavy atom. The van der Waals surface area contributed by atoms with Gasteiger partial charge in [0.25, 0.3) is 0 Å². The summed E-state index contributed by atoms with van der Waals surface area (Å²) in [7, 11) is 1.50. The van der Waals surface area contributed by atoms with Crippen LogP contribution in [0.1, 0.15) is 27.6 Å². The molecular weight excluding hydrogens is 295 g/mol. The number of hydrogen-bond donors (Lipinski definition) is 0. The first kappa shape index (κ1) is 11.2. The van der Waals surface area contributed by atoms with Crippen LogP contribution in [0, 0.1) is 3.57 Å². The van der Waals surface area contributed by atoms with Crippen LogP contribution in [0.3, 0.4) is 0 Å². The van der Waals surface area contributed by atoms with Crippen LogP contribution < -0.4 is 4.74 Å². The fourth-order valence-corrected chi connectivity index (χ4v) is 1.99. The molecule has 0 fully saturated rings. The smallest absolute Gasteiger partial charge is 0.159 e. The van der Waals surface area contributed by atoms with Crippen LogP contribution in [0.2, 0.25) is 0 Å². The normalized spacial score (nSPS) is 9.64. The quantitative estimate of drug-likeness (QED) is 0.489. The van der Waals surface area contributed by atoms with Crippen molar-refractivity contribution in [2.75, 3.05) is 7.11 Å². The van der Waals surface area contributed by atoms with Gasteiger partial charge in [0.05, 0.1) is 16.2 Å². The highest BCUT2D eigenvalue weighted by Crippen LogP contribution is 2.26. The Morgan fingerprint density at radius 2 is 2.14 bits per heavy atom. The van der Waals surface area contributed by atoms with Crippen LogP contribution in [-0.2, 0) is 0 Å². The molecule has 74 valence electrons. The van der Waals surface area contributed by atoms with Crippen molar-refractivity contribution in [3.05, 3.63) is 26.8 Å². The van der Waals surface area contributed by atoms with Gasteiger partial charge in [-0.15, -0.1) is 0 Å². The van der Waals surface area contributed by atoms with Gasteiger partial charge in [-0.2, -0.15) is 0 Å². The maximum absolute atomic E-state index is 11.1. The van der Waals surface area contributed by atoms with Crippen molar-refractivity contribution in [1.82, 2.24) is 0 Å². The van der Waals surface area contributed by atoms with Crippen LogP contribution in [0.5, 0.6) is 5.75 Å². The predicted molar refractivity (Wildman–Crippen MR) is 61.1 cm³/mol. The first-order valence-electron chi connectivity index (χ1n) is 3.93. The molecule has 3 nitrogen and oxygen atoms in total. The maximum Gasteiger partial charge on any atom is 0.159 e. The standard InChI is InChI=1S/C10H9IO3/c1-6(13)7-3-8(5-12)10(14-2)9(11)4-7/h3-5H,1-2H3. The molecule has 0 aliphatic carbocycles. The second-order valence-corrected chi connectivity index (χ2v) is 3.92. The number of aldehydes is 1. The highest BCUT2D eigenvalue weighted by atomic mass is 127. The maximum atomic E-state index is 11.1. The van der Waals surface area contributed by atoms with Crippen molar-refractivity contribution >= 4 is 34.7 Å². The molecular formula is C10H9IO3. The second-order valence-electron chi connectivity index (χ2n) is 2.75. The molecule has 0 aliphatic rings. The zero-order valence-corrected chi connectivity index (χ0v) is 9.99. The first-order valence-corrected chi connectivity index (χ1v) is 5.01. The van der Waals surface area contributed by atoms with Gasteiger partial charge in [0.15, 0.2) is 12.1 Å². The Bertz CT molecular complexity index is 385. The van der Waals surface area contributed by atoms with Crippen molar-refractivity contribution < 1.29 is 14.3 Å². The highest BCUT2D eigenvalue weighted by Gasteiger charge is 2.10. The summed E-state index contributed by atoms with van der Waals surface area (Å²) in [4.78, 5) is 21.8. The first-order chi connectivity index (χ1) is 6.60. The number of ketones is 1. The number of halogens is 1. The van der Waals surface area contributed by atoms with E-state index in [4.69, 9.17) is 4.74 Å². The average molecular weight is 304 g/mol. The summed E-state index contributed by atoms with van der Waals surface area (Å²) < 4.78 is 5.82. The number of ether oxygens (including phenoxy) is 1. The number of hydrogen-bond acceptors (Lipinski definition) is 3. The van der Waals surface area contributed by atoms with Crippen molar-refractivity contribution in [1.29, 1.82) is 0 Å². The number of rotatable bonds is 3. The van der Waals surface area contributed by atoms with E-state index in [1.165, 1.54) is 20.1 Å². The SMILES string of the molecule is COc1c(I)cc(C(C)=O)cc1C=O. The van der Waals surface area contributed by atoms with Crippen molar-refractivity contribution in [2.45, 2.75) is 6.92 Å². The van der Waals surface area contributed by atoms with Crippen molar-refractivity contribution in [2.24, 2.45) is 0 Å². The minimum absolute atomic E-state index is 0.0614. The second kappa shape index (κ2) is 4.54. The minimum Gasteiger partial charge on any atom is -0.495 e. The van der Waals surface area contributed by atoms with Gasteiger partial charge >= 0.3 is 0 Å². The third-order valence-electron chi connectivity index (χ3n) is 1.81. The summed E-state index contributed by atoms with van der Waals surface area (Å²) in [5, 5.41) is 0. The van der Waals surface area contributed by atoms with Gasteiger partial charge in [-0.25, -0.2) is 0 Å². The van der Waals surface area contributed by atoms with Crippen LogP contribution in [0.15, 0.2) is 12.1 Å². The molecule has 0 heterocycles. The monoisotopic (exact) mass is 304 g/mol. The molecule has 0 saturated carbocycles. The van der Waals surface area contributed by atoms with E-state index >= 15 is 0 Å². The lowest BCUT2D eigenvalue weighted by Gasteiger charge is -2.07. The molecule has 0 unspecified atom stereocenters. The van der Waals surface area contributed by atoms with E-state index in [0.717, 1.165) is 3.57 Å². The average Bonchev–Trinajstić information content (AvgIpc) is 2.16. The number of benzene rings is 1. The molecule has 0 saturated heterocycles. The molecule has 0 atom stereocenters. The fourth-order valence-electron chi connectivity index (χ4n) is 1.12. The lowest BCUT2D eigenvalue weighted by atomic mass is 10.1. The molecule has 0 radical (unpaired) electrons. The van der Waals surface area contributed by atoms with Gasteiger partial charge in [0.1, 0.15) is 5.75 Å². The predicted octanol–water partition coefficient (Wildman–Crippen LogP) is 2.31. The zero-order chi connectivity index (χ0) is 10.7. The van der Waals surface area contributed by atoms with Crippen LogP contribution in [0.25, 0.3) is 0 Å². The summed E-state index contributed by atoms with van der Waals surface area (Å²) in [5.41, 5.74) is 0.932. The van der Waals surface area contributed by atoms with Gasteiger partial charge < -0.3 is 4.74 Å². The van der Waals surface area contributed by atoms with Crippen LogP contribution in [-0.4, -0.2) is 19.2 Å². The number of Topliss-reactive ketones (excluding diaryl/α,β-unsaturated/α-hetero) is 1. The summed E-state index contributed by atoms with van der Waals surface area (Å²) in [6.07, 6.45) is 0.688. The van der Waals surface area contributed by atoms with E-state index in [0.29, 0.717) is 23.2 Å². The molecule has 0 spiro atoms. The van der Waals surface area contributed by atoms with Gasteiger partial charge in [0.2, 0.25) is 0 Å². The molecule has 1 aromatic carbocycles. The molecule has 14 heavy (non-hydrogen) atoms. The molecule has 0 bridgehead atoms. The summed E-state index contributed by atoms with van der Waals surface area (Å²) in [5.74, 6) is 0.458. The molecule has 1 rings (SSSR count). The molecule has 0 aliphatic heterocycles. The Morgan fingerprint density at radius 1 is 1.50 bits per heavy atom. The zero-order valence-electron chi connectivity index (χ0n) is 7.83. The van der Waals surface area contributed by atoms with Crippen LogP contribution in [0.4, 0.5) is 0 Å².